The summed E-state index contributed by atoms with van der Waals surface area (Å²) in [6.45, 7) is 4.30. The van der Waals surface area contributed by atoms with E-state index in [-0.39, 0.29) is 11.8 Å². The monoisotopic (exact) mass is 388 g/mol. The summed E-state index contributed by atoms with van der Waals surface area (Å²) in [5, 5.41) is 4.55. The lowest BCUT2D eigenvalue weighted by Gasteiger charge is -2.24. The van der Waals surface area contributed by atoms with E-state index in [4.69, 9.17) is 0 Å². The van der Waals surface area contributed by atoms with Gasteiger partial charge in [-0.25, -0.2) is 0 Å². The second kappa shape index (κ2) is 8.86. The van der Waals surface area contributed by atoms with Crippen molar-refractivity contribution in [1.82, 2.24) is 10.3 Å². The van der Waals surface area contributed by atoms with Crippen LogP contribution in [0.2, 0.25) is 0 Å². The van der Waals surface area contributed by atoms with Gasteiger partial charge in [0.2, 0.25) is 5.91 Å². The number of carbonyl (C=O) groups excluding carboxylic acids is 1. The van der Waals surface area contributed by atoms with E-state index in [9.17, 15) is 4.79 Å². The molecule has 0 aliphatic heterocycles. The van der Waals surface area contributed by atoms with E-state index >= 15 is 0 Å². The van der Waals surface area contributed by atoms with Gasteiger partial charge in [0.15, 0.2) is 0 Å². The topological polar surface area (TPSA) is 44.9 Å². The van der Waals surface area contributed by atoms with E-state index in [1.165, 1.54) is 52.4 Å². The molecule has 152 valence electrons. The molecule has 3 heteroatoms. The lowest BCUT2D eigenvalue weighted by Crippen LogP contribution is -2.36. The van der Waals surface area contributed by atoms with E-state index in [1.807, 2.05) is 0 Å². The summed E-state index contributed by atoms with van der Waals surface area (Å²) < 4.78 is 0. The van der Waals surface area contributed by atoms with Crippen molar-refractivity contribution in [3.63, 3.8) is 0 Å². The van der Waals surface area contributed by atoms with Crippen LogP contribution in [0.5, 0.6) is 0 Å². The van der Waals surface area contributed by atoms with Gasteiger partial charge in [-0.1, -0.05) is 74.2 Å². The summed E-state index contributed by atoms with van der Waals surface area (Å²) in [6, 6.07) is 15.4. The number of para-hydroxylation sites is 1. The summed E-state index contributed by atoms with van der Waals surface area (Å²) in [6.07, 6.45) is 9.60. The number of fused-ring (bicyclic) bond motifs is 1. The molecule has 1 heterocycles. The Hall–Kier alpha value is -2.55. The molecule has 3 aromatic rings. The number of rotatable bonds is 6. The molecule has 3 nitrogen and oxygen atoms in total. The summed E-state index contributed by atoms with van der Waals surface area (Å²) >= 11 is 0. The van der Waals surface area contributed by atoms with Crippen LogP contribution >= 0.6 is 0 Å². The van der Waals surface area contributed by atoms with Crippen LogP contribution in [-0.2, 0) is 11.2 Å². The van der Waals surface area contributed by atoms with Crippen molar-refractivity contribution in [2.24, 2.45) is 0 Å². The lowest BCUT2D eigenvalue weighted by atomic mass is 9.86. The third kappa shape index (κ3) is 4.39. The predicted octanol–water partition coefficient (Wildman–Crippen LogP) is 6.01. The van der Waals surface area contributed by atoms with Crippen molar-refractivity contribution in [2.75, 3.05) is 0 Å². The maximum absolute atomic E-state index is 13.0. The van der Waals surface area contributed by atoms with E-state index in [1.54, 1.807) is 0 Å². The molecule has 4 rings (SSSR count). The van der Waals surface area contributed by atoms with Crippen LogP contribution in [-0.4, -0.2) is 16.9 Å². The van der Waals surface area contributed by atoms with Crippen LogP contribution in [0.3, 0.4) is 0 Å². The van der Waals surface area contributed by atoms with Gasteiger partial charge in [-0.05, 0) is 42.9 Å². The quantitative estimate of drug-likeness (QED) is 0.534. The molecule has 1 amide bonds. The molecule has 29 heavy (non-hydrogen) atoms. The number of hydrogen-bond donors (Lipinski definition) is 2. The summed E-state index contributed by atoms with van der Waals surface area (Å²) in [5.41, 5.74) is 6.19. The number of H-pyrrole nitrogens is 1. The number of aromatic amines is 1. The van der Waals surface area contributed by atoms with E-state index in [2.05, 4.69) is 72.8 Å². The van der Waals surface area contributed by atoms with Gasteiger partial charge >= 0.3 is 0 Å². The maximum atomic E-state index is 13.0. The number of aromatic nitrogens is 1. The first-order valence-corrected chi connectivity index (χ1v) is 11.1. The van der Waals surface area contributed by atoms with Crippen LogP contribution in [0.25, 0.3) is 10.9 Å². The highest BCUT2D eigenvalue weighted by molar-refractivity contribution is 5.88. The Morgan fingerprint density at radius 1 is 1.14 bits per heavy atom. The molecule has 0 bridgehead atoms. The van der Waals surface area contributed by atoms with Gasteiger partial charge < -0.3 is 10.3 Å². The summed E-state index contributed by atoms with van der Waals surface area (Å²) in [5.74, 6) is 0.226. The molecule has 1 saturated carbocycles. The molecule has 0 spiro atoms. The molecular weight excluding hydrogens is 356 g/mol. The second-order valence-corrected chi connectivity index (χ2v) is 8.51. The van der Waals surface area contributed by atoms with Gasteiger partial charge in [0, 0.05) is 35.5 Å². The molecular formula is C26H32N2O. The molecule has 1 aromatic heterocycles. The van der Waals surface area contributed by atoms with Gasteiger partial charge in [0.25, 0.3) is 0 Å². The zero-order valence-electron chi connectivity index (χ0n) is 17.6. The fraction of sp³-hybridized carbons (Fsp3) is 0.423. The molecule has 1 atom stereocenters. The third-order valence-corrected chi connectivity index (χ3v) is 6.39. The number of benzene rings is 2. The summed E-state index contributed by atoms with van der Waals surface area (Å²) in [4.78, 5) is 16.5. The fourth-order valence-electron chi connectivity index (χ4n) is 4.83. The Morgan fingerprint density at radius 3 is 2.69 bits per heavy atom. The molecule has 0 radical (unpaired) electrons. The van der Waals surface area contributed by atoms with Crippen molar-refractivity contribution in [2.45, 2.75) is 70.8 Å². The highest BCUT2D eigenvalue weighted by Gasteiger charge is 2.24. The molecule has 2 aromatic carbocycles. The lowest BCUT2D eigenvalue weighted by molar-refractivity contribution is -0.122. The van der Waals surface area contributed by atoms with E-state index < -0.39 is 0 Å². The molecule has 2 N–H and O–H groups in total. The fourth-order valence-corrected chi connectivity index (χ4v) is 4.83. The van der Waals surface area contributed by atoms with Crippen molar-refractivity contribution >= 4 is 16.8 Å². The van der Waals surface area contributed by atoms with E-state index in [0.717, 1.165) is 19.3 Å². The van der Waals surface area contributed by atoms with Crippen molar-refractivity contribution in [1.29, 1.82) is 0 Å². The number of hydrogen-bond acceptors (Lipinski definition) is 1. The average Bonchev–Trinajstić information content (AvgIpc) is 3.17. The SMILES string of the molecule is CCc1cccc2c([C@H](CC(=O)NC3CCCCC3)c3cccc(C)c3)c[nH]c12. The minimum Gasteiger partial charge on any atom is -0.361 e. The van der Waals surface area contributed by atoms with Crippen molar-refractivity contribution in [3.8, 4) is 0 Å². The zero-order chi connectivity index (χ0) is 20.2. The normalized spacial score (nSPS) is 16.1. The average molecular weight is 389 g/mol. The highest BCUT2D eigenvalue weighted by Crippen LogP contribution is 2.35. The molecule has 1 fully saturated rings. The van der Waals surface area contributed by atoms with E-state index in [0.29, 0.717) is 12.5 Å². The second-order valence-electron chi connectivity index (χ2n) is 8.51. The minimum absolute atomic E-state index is 0.0550. The van der Waals surface area contributed by atoms with Gasteiger partial charge in [-0.3, -0.25) is 4.79 Å². The van der Waals surface area contributed by atoms with Crippen molar-refractivity contribution in [3.05, 3.63) is 70.9 Å². The van der Waals surface area contributed by atoms with Gasteiger partial charge in [-0.15, -0.1) is 0 Å². The van der Waals surface area contributed by atoms with Gasteiger partial charge in [0.05, 0.1) is 0 Å². The van der Waals surface area contributed by atoms with Crippen molar-refractivity contribution < 1.29 is 4.79 Å². The van der Waals surface area contributed by atoms with Gasteiger partial charge in [0.1, 0.15) is 0 Å². The number of aryl methyl sites for hydroxylation is 2. The Labute approximate surface area is 173 Å². The van der Waals surface area contributed by atoms with Gasteiger partial charge in [-0.2, -0.15) is 0 Å². The Bertz CT molecular complexity index is 981. The number of nitrogens with one attached hydrogen (secondary N) is 2. The largest absolute Gasteiger partial charge is 0.361 e. The van der Waals surface area contributed by atoms with Crippen LogP contribution < -0.4 is 5.32 Å². The first kappa shape index (κ1) is 19.8. The predicted molar refractivity (Wildman–Crippen MR) is 120 cm³/mol. The molecule has 0 unspecified atom stereocenters. The van der Waals surface area contributed by atoms with Crippen LogP contribution in [0.15, 0.2) is 48.7 Å². The Balaban J connectivity index is 1.67. The summed E-state index contributed by atoms with van der Waals surface area (Å²) in [7, 11) is 0. The first-order chi connectivity index (χ1) is 14.2. The number of amides is 1. The smallest absolute Gasteiger partial charge is 0.221 e. The first-order valence-electron chi connectivity index (χ1n) is 11.1. The zero-order valence-corrected chi connectivity index (χ0v) is 17.6. The number of carbonyl (C=O) groups is 1. The molecule has 1 aliphatic carbocycles. The standard InChI is InChI=1S/C26H32N2O/c1-3-19-10-8-14-22-24(17-27-26(19)22)23(20-11-7-9-18(2)15-20)16-25(29)28-21-12-5-4-6-13-21/h7-11,14-15,17,21,23,27H,3-6,12-13,16H2,1-2H3,(H,28,29)/t23-/m1/s1. The Kier molecular flexibility index (Phi) is 6.03. The Morgan fingerprint density at radius 2 is 1.93 bits per heavy atom. The van der Waals surface area contributed by atoms with Crippen LogP contribution in [0, 0.1) is 6.92 Å². The van der Waals surface area contributed by atoms with Crippen LogP contribution in [0.4, 0.5) is 0 Å². The highest BCUT2D eigenvalue weighted by atomic mass is 16.1. The van der Waals surface area contributed by atoms with Crippen LogP contribution in [0.1, 0.15) is 73.6 Å². The third-order valence-electron chi connectivity index (χ3n) is 6.39. The maximum Gasteiger partial charge on any atom is 0.221 e. The molecule has 0 saturated heterocycles. The minimum atomic E-state index is 0.0550. The molecule has 1 aliphatic rings.